The predicted molar refractivity (Wildman–Crippen MR) is 126 cm³/mol. The number of benzene rings is 2. The fourth-order valence-corrected chi connectivity index (χ4v) is 6.51. The highest BCUT2D eigenvalue weighted by Gasteiger charge is 2.34. The van der Waals surface area contributed by atoms with Crippen LogP contribution in [0, 0.1) is 0 Å². The molecule has 17 heteroatoms. The lowest BCUT2D eigenvalue weighted by Gasteiger charge is -2.21. The second-order valence-corrected chi connectivity index (χ2v) is 10.9. The Hall–Kier alpha value is -2.55. The van der Waals surface area contributed by atoms with Crippen molar-refractivity contribution in [2.75, 3.05) is 19.7 Å². The molecule has 2 heterocycles. The molecular formula is C18H26N10O5S2. The normalized spacial score (nSPS) is 16.2. The average molecular weight is 527 g/mol. The number of aromatic nitrogens is 2. The molecule has 1 aromatic heterocycles. The van der Waals surface area contributed by atoms with Crippen molar-refractivity contribution in [1.29, 1.82) is 0 Å². The SMILES string of the molecule is NCCNS(=O)(=O)c1ccc(-c2cccc3[nH]c([C@@H](N)CO)nc23)c(C2NNNN2)c1S(N)(=O)=O. The van der Waals surface area contributed by atoms with Gasteiger partial charge in [-0.15, -0.1) is 0 Å². The molecular weight excluding hydrogens is 500 g/mol. The maximum absolute atomic E-state index is 13.0. The summed E-state index contributed by atoms with van der Waals surface area (Å²) < 4.78 is 53.9. The number of sulfonamides is 2. The number of primary sulfonamides is 1. The molecule has 35 heavy (non-hydrogen) atoms. The van der Waals surface area contributed by atoms with Crippen molar-refractivity contribution in [2.45, 2.75) is 22.0 Å². The number of nitrogens with zero attached hydrogens (tertiary/aromatic N) is 1. The number of nitrogens with one attached hydrogen (secondary N) is 6. The van der Waals surface area contributed by atoms with E-state index in [4.69, 9.17) is 16.6 Å². The molecule has 0 spiro atoms. The Morgan fingerprint density at radius 2 is 1.80 bits per heavy atom. The van der Waals surface area contributed by atoms with E-state index in [2.05, 4.69) is 36.6 Å². The zero-order valence-corrected chi connectivity index (χ0v) is 19.9. The van der Waals surface area contributed by atoms with Crippen molar-refractivity contribution in [2.24, 2.45) is 16.6 Å². The minimum Gasteiger partial charge on any atom is -0.394 e. The van der Waals surface area contributed by atoms with E-state index in [9.17, 15) is 21.9 Å². The Bertz CT molecular complexity index is 1450. The summed E-state index contributed by atoms with van der Waals surface area (Å²) in [6.07, 6.45) is -0.920. The van der Waals surface area contributed by atoms with Gasteiger partial charge in [-0.2, -0.15) is 11.1 Å². The van der Waals surface area contributed by atoms with Gasteiger partial charge < -0.3 is 21.6 Å². The third-order valence-corrected chi connectivity index (χ3v) is 7.97. The van der Waals surface area contributed by atoms with E-state index in [1.165, 1.54) is 12.1 Å². The van der Waals surface area contributed by atoms with Gasteiger partial charge in [-0.3, -0.25) is 0 Å². The van der Waals surface area contributed by atoms with Crippen molar-refractivity contribution >= 4 is 31.1 Å². The number of hydrogen-bond donors (Lipinski definition) is 10. The van der Waals surface area contributed by atoms with Gasteiger partial charge in [0.25, 0.3) is 0 Å². The van der Waals surface area contributed by atoms with E-state index in [1.54, 1.807) is 18.2 Å². The van der Waals surface area contributed by atoms with Gasteiger partial charge in [0, 0.05) is 24.2 Å². The molecule has 0 unspecified atom stereocenters. The lowest BCUT2D eigenvalue weighted by Crippen LogP contribution is -2.33. The number of rotatable bonds is 9. The first-order chi connectivity index (χ1) is 16.6. The molecule has 1 aliphatic rings. The number of fused-ring (bicyclic) bond motifs is 1. The van der Waals surface area contributed by atoms with Crippen molar-refractivity contribution in [3.05, 3.63) is 41.7 Å². The van der Waals surface area contributed by atoms with Gasteiger partial charge in [-0.05, 0) is 17.7 Å². The highest BCUT2D eigenvalue weighted by Crippen LogP contribution is 2.39. The molecule has 3 aromatic rings. The Labute approximate surface area is 200 Å². The van der Waals surface area contributed by atoms with Crippen LogP contribution in [0.15, 0.2) is 40.1 Å². The number of aromatic amines is 1. The van der Waals surface area contributed by atoms with E-state index < -0.39 is 42.0 Å². The van der Waals surface area contributed by atoms with E-state index in [0.29, 0.717) is 28.0 Å². The first kappa shape index (κ1) is 25.5. The third kappa shape index (κ3) is 4.92. The highest BCUT2D eigenvalue weighted by atomic mass is 32.2. The zero-order valence-electron chi connectivity index (χ0n) is 18.2. The second kappa shape index (κ2) is 9.84. The fraction of sp³-hybridized carbons (Fsp3) is 0.278. The first-order valence-corrected chi connectivity index (χ1v) is 13.4. The second-order valence-electron chi connectivity index (χ2n) is 7.67. The summed E-state index contributed by atoms with van der Waals surface area (Å²) in [5.74, 6) is 0.328. The Morgan fingerprint density at radius 3 is 2.43 bits per heavy atom. The van der Waals surface area contributed by atoms with Crippen molar-refractivity contribution < 1.29 is 21.9 Å². The van der Waals surface area contributed by atoms with E-state index in [1.807, 2.05) is 0 Å². The lowest BCUT2D eigenvalue weighted by molar-refractivity contribution is 0.264. The summed E-state index contributed by atoms with van der Waals surface area (Å²) in [6, 6.07) is 7.02. The Morgan fingerprint density at radius 1 is 1.09 bits per heavy atom. The summed E-state index contributed by atoms with van der Waals surface area (Å²) in [5, 5.41) is 15.0. The monoisotopic (exact) mass is 526 g/mol. The maximum Gasteiger partial charge on any atom is 0.241 e. The Kier molecular flexibility index (Phi) is 7.18. The van der Waals surface area contributed by atoms with Gasteiger partial charge >= 0.3 is 0 Å². The van der Waals surface area contributed by atoms with Gasteiger partial charge in [0.05, 0.1) is 23.7 Å². The maximum atomic E-state index is 13.0. The van der Waals surface area contributed by atoms with Gasteiger partial charge in [0.1, 0.15) is 21.8 Å². The number of para-hydroxylation sites is 1. The molecule has 0 bridgehead atoms. The number of hydrazine groups is 3. The molecule has 13 N–H and O–H groups in total. The van der Waals surface area contributed by atoms with Crippen LogP contribution in [0.1, 0.15) is 23.6 Å². The number of imidazole rings is 1. The fourth-order valence-electron chi connectivity index (χ4n) is 3.80. The van der Waals surface area contributed by atoms with E-state index in [-0.39, 0.29) is 25.3 Å². The molecule has 0 radical (unpaired) electrons. The quantitative estimate of drug-likeness (QED) is 0.136. The van der Waals surface area contributed by atoms with Crippen LogP contribution in [0.25, 0.3) is 22.2 Å². The number of H-pyrrole nitrogens is 1. The molecule has 0 aliphatic carbocycles. The molecule has 190 valence electrons. The first-order valence-electron chi connectivity index (χ1n) is 10.3. The summed E-state index contributed by atoms with van der Waals surface area (Å²) in [6.45, 7) is -0.438. The molecule has 0 amide bonds. The average Bonchev–Trinajstić information content (AvgIpc) is 3.50. The van der Waals surface area contributed by atoms with Gasteiger partial charge in [-0.1, -0.05) is 18.2 Å². The number of hydrogen-bond acceptors (Lipinski definition) is 12. The smallest absolute Gasteiger partial charge is 0.241 e. The largest absolute Gasteiger partial charge is 0.394 e. The number of aliphatic hydroxyl groups excluding tert-OH is 1. The van der Waals surface area contributed by atoms with Gasteiger partial charge in [-0.25, -0.2) is 42.5 Å². The van der Waals surface area contributed by atoms with Crippen LogP contribution in [0.4, 0.5) is 0 Å². The van der Waals surface area contributed by atoms with Crippen molar-refractivity contribution in [1.82, 2.24) is 36.6 Å². The highest BCUT2D eigenvalue weighted by molar-refractivity contribution is 7.92. The van der Waals surface area contributed by atoms with Crippen LogP contribution in [0.2, 0.25) is 0 Å². The molecule has 1 saturated heterocycles. The van der Waals surface area contributed by atoms with Gasteiger partial charge in [0.15, 0.2) is 0 Å². The van der Waals surface area contributed by atoms with Crippen LogP contribution in [-0.4, -0.2) is 51.6 Å². The molecule has 1 atom stereocenters. The predicted octanol–water partition coefficient (Wildman–Crippen LogP) is -2.78. The summed E-state index contributed by atoms with van der Waals surface area (Å²) in [5.41, 5.74) is 23.9. The molecule has 4 rings (SSSR count). The summed E-state index contributed by atoms with van der Waals surface area (Å²) in [4.78, 5) is 6.40. The zero-order chi connectivity index (χ0) is 25.4. The minimum absolute atomic E-state index is 0.00786. The van der Waals surface area contributed by atoms with Crippen LogP contribution in [0.5, 0.6) is 0 Å². The van der Waals surface area contributed by atoms with Crippen molar-refractivity contribution in [3.63, 3.8) is 0 Å². The number of nitrogens with two attached hydrogens (primary N) is 3. The van der Waals surface area contributed by atoms with Crippen LogP contribution >= 0.6 is 0 Å². The topological polar surface area (TPSA) is 255 Å². The summed E-state index contributed by atoms with van der Waals surface area (Å²) in [7, 11) is -8.86. The third-order valence-electron chi connectivity index (χ3n) is 5.32. The molecule has 15 nitrogen and oxygen atoms in total. The van der Waals surface area contributed by atoms with Crippen LogP contribution < -0.4 is 43.2 Å². The standard InChI is InChI=1S/C18H26N10O5S2/c19-6-7-22-35(32,33)13-5-4-9(14(16(13)34(21,30)31)18-25-27-28-26-18)10-2-1-3-12-15(10)24-17(23-12)11(20)8-29/h1-5,11,18,22,25-29H,6-8,19-20H2,(H,23,24)(H2,21,30,31)/t11-/m0/s1. The van der Waals surface area contributed by atoms with Crippen LogP contribution in [-0.2, 0) is 20.0 Å². The van der Waals surface area contributed by atoms with E-state index >= 15 is 0 Å². The molecule has 0 saturated carbocycles. The minimum atomic E-state index is -4.57. The molecule has 2 aromatic carbocycles. The van der Waals surface area contributed by atoms with E-state index in [0.717, 1.165) is 0 Å². The lowest BCUT2D eigenvalue weighted by atomic mass is 9.96. The van der Waals surface area contributed by atoms with Gasteiger partial charge in [0.2, 0.25) is 20.0 Å². The molecule has 1 aliphatic heterocycles. The Balaban J connectivity index is 2.05. The summed E-state index contributed by atoms with van der Waals surface area (Å²) >= 11 is 0. The number of aliphatic hydroxyl groups is 1. The van der Waals surface area contributed by atoms with Crippen molar-refractivity contribution in [3.8, 4) is 11.1 Å². The molecule has 1 fully saturated rings. The van der Waals surface area contributed by atoms with Crippen LogP contribution in [0.3, 0.4) is 0 Å².